The SMILES string of the molecule is COc1cc(C2/C(=C(\O)c3nc4c(C)cccn4c3C)C(=O)C(=O)N2CCN(C)C)cc(Br)c1O. The number of likely N-dealkylation sites (N-methyl/N-ethyl adjacent to an activating group) is 1. The van der Waals surface area contributed by atoms with Crippen molar-refractivity contribution in [3.8, 4) is 11.5 Å². The molecule has 10 heteroatoms. The number of rotatable bonds is 6. The number of Topliss-reactive ketones (excluding diaryl/α,β-unsaturated/α-hetero) is 1. The molecule has 9 nitrogen and oxygen atoms in total. The number of phenolic OH excluding ortho intramolecular Hbond substituents is 1. The number of carbonyl (C=O) groups is 2. The molecular formula is C25H27BrN4O5. The van der Waals surface area contributed by atoms with E-state index < -0.39 is 17.7 Å². The van der Waals surface area contributed by atoms with Crippen LogP contribution in [0.15, 0.2) is 40.5 Å². The van der Waals surface area contributed by atoms with Crippen molar-refractivity contribution >= 4 is 39.0 Å². The number of likely N-dealkylation sites (tertiary alicyclic amines) is 1. The van der Waals surface area contributed by atoms with Crippen LogP contribution in [0, 0.1) is 13.8 Å². The second kappa shape index (κ2) is 9.35. The molecule has 3 heterocycles. The lowest BCUT2D eigenvalue weighted by Crippen LogP contribution is -2.35. The Hall–Kier alpha value is -3.37. The number of fused-ring (bicyclic) bond motifs is 1. The van der Waals surface area contributed by atoms with E-state index in [1.165, 1.54) is 12.0 Å². The monoisotopic (exact) mass is 542 g/mol. The maximum absolute atomic E-state index is 13.3. The second-order valence-corrected chi connectivity index (χ2v) is 9.63. The normalized spacial score (nSPS) is 17.7. The predicted molar refractivity (Wildman–Crippen MR) is 135 cm³/mol. The molecular weight excluding hydrogens is 516 g/mol. The van der Waals surface area contributed by atoms with E-state index in [-0.39, 0.29) is 35.1 Å². The number of hydrogen-bond donors (Lipinski definition) is 2. The number of ether oxygens (including phenoxy) is 1. The van der Waals surface area contributed by atoms with Crippen molar-refractivity contribution in [2.24, 2.45) is 0 Å². The van der Waals surface area contributed by atoms with Crippen LogP contribution in [-0.2, 0) is 9.59 Å². The van der Waals surface area contributed by atoms with Crippen LogP contribution in [0.4, 0.5) is 0 Å². The zero-order valence-corrected chi connectivity index (χ0v) is 21.8. The summed E-state index contributed by atoms with van der Waals surface area (Å²) in [4.78, 5) is 34.4. The minimum Gasteiger partial charge on any atom is -0.505 e. The average molecular weight is 543 g/mol. The third-order valence-corrected chi connectivity index (χ3v) is 6.83. The first kappa shape index (κ1) is 24.7. The van der Waals surface area contributed by atoms with E-state index in [9.17, 15) is 19.8 Å². The van der Waals surface area contributed by atoms with Crippen molar-refractivity contribution in [1.29, 1.82) is 0 Å². The fourth-order valence-corrected chi connectivity index (χ4v) is 4.81. The van der Waals surface area contributed by atoms with Crippen LogP contribution >= 0.6 is 15.9 Å². The van der Waals surface area contributed by atoms with Gasteiger partial charge in [-0.2, -0.15) is 0 Å². The van der Waals surface area contributed by atoms with Gasteiger partial charge in [0.25, 0.3) is 11.7 Å². The molecule has 3 aromatic rings. The number of aliphatic hydroxyl groups is 1. The van der Waals surface area contributed by atoms with Crippen LogP contribution in [-0.4, -0.2) is 75.4 Å². The molecule has 0 bridgehead atoms. The van der Waals surface area contributed by atoms with Gasteiger partial charge in [0.1, 0.15) is 11.3 Å². The van der Waals surface area contributed by atoms with Crippen molar-refractivity contribution in [3.05, 3.63) is 63.0 Å². The number of hydrogen-bond acceptors (Lipinski definition) is 7. The van der Waals surface area contributed by atoms with Gasteiger partial charge in [-0.05, 0) is 73.2 Å². The van der Waals surface area contributed by atoms with E-state index >= 15 is 0 Å². The van der Waals surface area contributed by atoms with Crippen molar-refractivity contribution in [2.75, 3.05) is 34.3 Å². The number of aromatic hydroxyl groups is 1. The number of amides is 1. The minimum absolute atomic E-state index is 0.0578. The Balaban J connectivity index is 1.97. The van der Waals surface area contributed by atoms with Gasteiger partial charge in [0.05, 0.1) is 28.9 Å². The van der Waals surface area contributed by atoms with Gasteiger partial charge in [-0.25, -0.2) is 4.98 Å². The highest BCUT2D eigenvalue weighted by molar-refractivity contribution is 9.10. The summed E-state index contributed by atoms with van der Waals surface area (Å²) in [5, 5.41) is 21.8. The number of methoxy groups -OCH3 is 1. The lowest BCUT2D eigenvalue weighted by Gasteiger charge is -2.27. The summed E-state index contributed by atoms with van der Waals surface area (Å²) in [5.41, 5.74) is 2.88. The third-order valence-electron chi connectivity index (χ3n) is 6.22. The molecule has 35 heavy (non-hydrogen) atoms. The van der Waals surface area contributed by atoms with Gasteiger partial charge in [-0.1, -0.05) is 6.07 Å². The van der Waals surface area contributed by atoms with Crippen molar-refractivity contribution in [3.63, 3.8) is 0 Å². The summed E-state index contributed by atoms with van der Waals surface area (Å²) in [6.07, 6.45) is 1.83. The highest BCUT2D eigenvalue weighted by Crippen LogP contribution is 2.44. The predicted octanol–water partition coefficient (Wildman–Crippen LogP) is 3.41. The van der Waals surface area contributed by atoms with Crippen LogP contribution in [0.25, 0.3) is 11.4 Å². The molecule has 1 aliphatic rings. The number of aryl methyl sites for hydroxylation is 2. The summed E-state index contributed by atoms with van der Waals surface area (Å²) in [7, 11) is 5.15. The topological polar surface area (TPSA) is 108 Å². The van der Waals surface area contributed by atoms with E-state index in [4.69, 9.17) is 4.74 Å². The van der Waals surface area contributed by atoms with Gasteiger partial charge in [0.15, 0.2) is 17.3 Å². The van der Waals surface area contributed by atoms with E-state index in [1.54, 1.807) is 19.1 Å². The highest BCUT2D eigenvalue weighted by atomic mass is 79.9. The molecule has 0 radical (unpaired) electrons. The molecule has 1 fully saturated rings. The lowest BCUT2D eigenvalue weighted by atomic mass is 9.96. The Kier molecular flexibility index (Phi) is 6.61. The number of halogens is 1. The first-order valence-electron chi connectivity index (χ1n) is 11.0. The van der Waals surface area contributed by atoms with E-state index in [2.05, 4.69) is 20.9 Å². The van der Waals surface area contributed by atoms with Gasteiger partial charge in [-0.3, -0.25) is 9.59 Å². The Morgan fingerprint density at radius 2 is 1.97 bits per heavy atom. The maximum atomic E-state index is 13.3. The quantitative estimate of drug-likeness (QED) is 0.279. The number of pyridine rings is 1. The lowest BCUT2D eigenvalue weighted by molar-refractivity contribution is -0.140. The molecule has 0 spiro atoms. The average Bonchev–Trinajstić information content (AvgIpc) is 3.29. The maximum Gasteiger partial charge on any atom is 0.295 e. The molecule has 1 unspecified atom stereocenters. The van der Waals surface area contributed by atoms with E-state index in [1.807, 2.05) is 48.6 Å². The van der Waals surface area contributed by atoms with Crippen LogP contribution in [0.2, 0.25) is 0 Å². The number of carbonyl (C=O) groups excluding carboxylic acids is 2. The molecule has 1 aliphatic heterocycles. The number of imidazole rings is 1. The zero-order chi connectivity index (χ0) is 25.6. The molecule has 0 saturated carbocycles. The fourth-order valence-electron chi connectivity index (χ4n) is 4.35. The Labute approximate surface area is 211 Å². The number of nitrogens with zero attached hydrogens (tertiary/aromatic N) is 4. The largest absolute Gasteiger partial charge is 0.505 e. The molecule has 1 atom stereocenters. The fraction of sp³-hybridized carbons (Fsp3) is 0.320. The smallest absolute Gasteiger partial charge is 0.295 e. The molecule has 2 aromatic heterocycles. The highest BCUT2D eigenvalue weighted by Gasteiger charge is 2.46. The van der Waals surface area contributed by atoms with Gasteiger partial charge >= 0.3 is 0 Å². The molecule has 0 aliphatic carbocycles. The van der Waals surface area contributed by atoms with Crippen LogP contribution < -0.4 is 4.74 Å². The number of ketones is 1. The van der Waals surface area contributed by atoms with Crippen molar-refractivity contribution < 1.29 is 24.5 Å². The van der Waals surface area contributed by atoms with Gasteiger partial charge in [-0.15, -0.1) is 0 Å². The molecule has 184 valence electrons. The Morgan fingerprint density at radius 3 is 2.60 bits per heavy atom. The molecule has 4 rings (SSSR count). The van der Waals surface area contributed by atoms with E-state index in [0.29, 0.717) is 27.9 Å². The van der Waals surface area contributed by atoms with Crippen LogP contribution in [0.5, 0.6) is 11.5 Å². The summed E-state index contributed by atoms with van der Waals surface area (Å²) in [5.74, 6) is -1.77. The Morgan fingerprint density at radius 1 is 1.26 bits per heavy atom. The third kappa shape index (κ3) is 4.17. The summed E-state index contributed by atoms with van der Waals surface area (Å²) < 4.78 is 7.47. The molecule has 1 amide bonds. The Bertz CT molecular complexity index is 1380. The summed E-state index contributed by atoms with van der Waals surface area (Å²) in [6.45, 7) is 4.47. The molecule has 1 saturated heterocycles. The van der Waals surface area contributed by atoms with Gasteiger partial charge in [0.2, 0.25) is 0 Å². The van der Waals surface area contributed by atoms with Crippen LogP contribution in [0.1, 0.15) is 28.6 Å². The van der Waals surface area contributed by atoms with Crippen molar-refractivity contribution in [1.82, 2.24) is 19.2 Å². The standard InChI is InChI=1S/C25H27BrN4O5/c1-13-7-6-8-29-14(2)19(27-24(13)29)22(32)18-20(15-11-16(26)21(31)17(12-15)35-5)30(10-9-28(3)4)25(34)23(18)33/h6-8,11-12,20,31-32H,9-10H2,1-5H3/b22-18+. The molecule has 1 aromatic carbocycles. The second-order valence-electron chi connectivity index (χ2n) is 8.78. The summed E-state index contributed by atoms with van der Waals surface area (Å²) in [6, 6.07) is 6.07. The van der Waals surface area contributed by atoms with Crippen LogP contribution in [0.3, 0.4) is 0 Å². The number of benzene rings is 1. The van der Waals surface area contributed by atoms with Crippen molar-refractivity contribution in [2.45, 2.75) is 19.9 Å². The number of phenols is 1. The number of aromatic nitrogens is 2. The minimum atomic E-state index is -0.897. The zero-order valence-electron chi connectivity index (χ0n) is 20.2. The van der Waals surface area contributed by atoms with E-state index in [0.717, 1.165) is 5.56 Å². The molecule has 2 N–H and O–H groups in total. The van der Waals surface area contributed by atoms with Gasteiger partial charge in [0, 0.05) is 19.3 Å². The summed E-state index contributed by atoms with van der Waals surface area (Å²) >= 11 is 3.32. The van der Waals surface area contributed by atoms with Gasteiger partial charge < -0.3 is 29.2 Å². The first-order valence-corrected chi connectivity index (χ1v) is 11.8. The number of aliphatic hydroxyl groups excluding tert-OH is 1. The first-order chi connectivity index (χ1) is 16.6.